The lowest BCUT2D eigenvalue weighted by Crippen LogP contribution is -2.18. The second kappa shape index (κ2) is 8.29. The minimum atomic E-state index is -2.80. The Labute approximate surface area is 180 Å². The average Bonchev–Trinajstić information content (AvgIpc) is 3.27. The van der Waals surface area contributed by atoms with Crippen molar-refractivity contribution in [1.29, 1.82) is 0 Å². The molecule has 0 unspecified atom stereocenters. The van der Waals surface area contributed by atoms with Crippen molar-refractivity contribution in [3.05, 3.63) is 39.3 Å². The highest BCUT2D eigenvalue weighted by Gasteiger charge is 2.29. The van der Waals surface area contributed by atoms with Crippen LogP contribution < -0.4 is 5.32 Å². The zero-order valence-corrected chi connectivity index (χ0v) is 18.1. The van der Waals surface area contributed by atoms with Gasteiger partial charge in [-0.3, -0.25) is 4.79 Å². The summed E-state index contributed by atoms with van der Waals surface area (Å²) in [7, 11) is 0. The molecular formula is C20H21F2N5O3S. The Balaban J connectivity index is 1.69. The number of halogens is 2. The second-order valence-corrected chi connectivity index (χ2v) is 8.70. The summed E-state index contributed by atoms with van der Waals surface area (Å²) in [5.74, 6) is -1.61. The van der Waals surface area contributed by atoms with E-state index in [1.807, 2.05) is 0 Å². The van der Waals surface area contributed by atoms with Crippen LogP contribution in [0, 0.1) is 6.92 Å². The summed E-state index contributed by atoms with van der Waals surface area (Å²) in [6.07, 6.45) is 0.410. The number of carbonyl (C=O) groups is 2. The molecule has 0 atom stereocenters. The Morgan fingerprint density at radius 2 is 1.97 bits per heavy atom. The first-order chi connectivity index (χ1) is 14.7. The number of fused-ring (bicyclic) bond motifs is 2. The molecule has 0 saturated carbocycles. The number of anilines is 1. The SMILES string of the molecule is Cc1cc(C(F)F)n2nc(C(=O)Nc3sc4c(c3C(=O)OC(C)C)CCCC4)nc2n1. The summed E-state index contributed by atoms with van der Waals surface area (Å²) in [5.41, 5.74) is 1.19. The topological polar surface area (TPSA) is 98.5 Å². The highest BCUT2D eigenvalue weighted by atomic mass is 32.1. The third-order valence-corrected chi connectivity index (χ3v) is 6.05. The van der Waals surface area contributed by atoms with Gasteiger partial charge < -0.3 is 10.1 Å². The van der Waals surface area contributed by atoms with E-state index in [1.54, 1.807) is 20.8 Å². The van der Waals surface area contributed by atoms with Crippen molar-refractivity contribution in [3.63, 3.8) is 0 Å². The Hall–Kier alpha value is -2.95. The molecule has 1 N–H and O–H groups in total. The average molecular weight is 449 g/mol. The predicted molar refractivity (Wildman–Crippen MR) is 110 cm³/mol. The lowest BCUT2D eigenvalue weighted by molar-refractivity contribution is 0.0378. The Kier molecular flexibility index (Phi) is 5.69. The molecule has 0 saturated heterocycles. The number of hydrogen-bond donors (Lipinski definition) is 1. The van der Waals surface area contributed by atoms with Crippen molar-refractivity contribution >= 4 is 34.0 Å². The van der Waals surface area contributed by atoms with Crippen molar-refractivity contribution < 1.29 is 23.1 Å². The molecule has 3 aromatic heterocycles. The smallest absolute Gasteiger partial charge is 0.341 e. The molecule has 8 nitrogen and oxygen atoms in total. The summed E-state index contributed by atoms with van der Waals surface area (Å²) in [4.78, 5) is 34.7. The molecule has 164 valence electrons. The molecular weight excluding hydrogens is 428 g/mol. The van der Waals surface area contributed by atoms with Gasteiger partial charge in [0, 0.05) is 10.6 Å². The van der Waals surface area contributed by atoms with Crippen molar-refractivity contribution in [3.8, 4) is 0 Å². The summed E-state index contributed by atoms with van der Waals surface area (Å²) in [6.45, 7) is 5.07. The molecule has 0 aromatic carbocycles. The molecule has 3 aromatic rings. The van der Waals surface area contributed by atoms with Gasteiger partial charge in [-0.05, 0) is 58.1 Å². The minimum absolute atomic E-state index is 0.0923. The van der Waals surface area contributed by atoms with Crippen LogP contribution >= 0.6 is 11.3 Å². The number of rotatable bonds is 5. The number of ether oxygens (including phenoxy) is 1. The fourth-order valence-electron chi connectivity index (χ4n) is 3.57. The van der Waals surface area contributed by atoms with E-state index in [9.17, 15) is 18.4 Å². The molecule has 0 bridgehead atoms. The first-order valence-corrected chi connectivity index (χ1v) is 10.8. The van der Waals surface area contributed by atoms with E-state index < -0.39 is 24.0 Å². The van der Waals surface area contributed by atoms with Gasteiger partial charge in [0.25, 0.3) is 18.1 Å². The summed E-state index contributed by atoms with van der Waals surface area (Å²) in [6, 6.07) is 1.20. The quantitative estimate of drug-likeness (QED) is 0.588. The van der Waals surface area contributed by atoms with E-state index in [0.29, 0.717) is 16.3 Å². The van der Waals surface area contributed by atoms with Crippen molar-refractivity contribution in [2.75, 3.05) is 5.32 Å². The highest BCUT2D eigenvalue weighted by Crippen LogP contribution is 2.39. The minimum Gasteiger partial charge on any atom is -0.459 e. The van der Waals surface area contributed by atoms with E-state index in [0.717, 1.165) is 40.6 Å². The van der Waals surface area contributed by atoms with Gasteiger partial charge >= 0.3 is 5.97 Å². The number of esters is 1. The van der Waals surface area contributed by atoms with Gasteiger partial charge in [0.15, 0.2) is 0 Å². The zero-order valence-electron chi connectivity index (χ0n) is 17.2. The molecule has 0 spiro atoms. The van der Waals surface area contributed by atoms with E-state index in [1.165, 1.54) is 17.4 Å². The molecule has 3 heterocycles. The number of carbonyl (C=O) groups excluding carboxylic acids is 2. The van der Waals surface area contributed by atoms with Crippen molar-refractivity contribution in [1.82, 2.24) is 19.6 Å². The van der Waals surface area contributed by atoms with Crippen LogP contribution in [0.1, 0.15) is 75.9 Å². The van der Waals surface area contributed by atoms with Gasteiger partial charge in [0.1, 0.15) is 10.7 Å². The van der Waals surface area contributed by atoms with Crippen LogP contribution in [0.2, 0.25) is 0 Å². The normalized spacial score (nSPS) is 13.6. The molecule has 0 radical (unpaired) electrons. The number of aromatic nitrogens is 4. The number of nitrogens with one attached hydrogen (secondary N) is 1. The predicted octanol–water partition coefficient (Wildman–Crippen LogP) is 4.13. The molecule has 1 aliphatic carbocycles. The monoisotopic (exact) mass is 449 g/mol. The number of aryl methyl sites for hydroxylation is 2. The van der Waals surface area contributed by atoms with Crippen molar-refractivity contribution in [2.24, 2.45) is 0 Å². The number of nitrogens with zero attached hydrogens (tertiary/aromatic N) is 4. The fourth-order valence-corrected chi connectivity index (χ4v) is 4.84. The van der Waals surface area contributed by atoms with Gasteiger partial charge in [-0.15, -0.1) is 16.4 Å². The maximum atomic E-state index is 13.3. The summed E-state index contributed by atoms with van der Waals surface area (Å²) >= 11 is 1.33. The third kappa shape index (κ3) is 4.14. The summed E-state index contributed by atoms with van der Waals surface area (Å²) < 4.78 is 32.9. The third-order valence-electron chi connectivity index (χ3n) is 4.84. The van der Waals surface area contributed by atoms with E-state index in [-0.39, 0.29) is 17.7 Å². The zero-order chi connectivity index (χ0) is 22.3. The van der Waals surface area contributed by atoms with Crippen LogP contribution in [0.4, 0.5) is 13.8 Å². The Bertz CT molecular complexity index is 1170. The molecule has 4 rings (SSSR count). The van der Waals surface area contributed by atoms with Crippen LogP contribution in [-0.2, 0) is 17.6 Å². The van der Waals surface area contributed by atoms with Gasteiger partial charge in [0.2, 0.25) is 5.82 Å². The van der Waals surface area contributed by atoms with Gasteiger partial charge in [-0.25, -0.2) is 18.6 Å². The number of alkyl halides is 2. The summed E-state index contributed by atoms with van der Waals surface area (Å²) in [5, 5.41) is 6.96. The molecule has 31 heavy (non-hydrogen) atoms. The molecule has 1 aliphatic rings. The van der Waals surface area contributed by atoms with Gasteiger partial charge in [0.05, 0.1) is 11.7 Å². The number of thiophene rings is 1. The van der Waals surface area contributed by atoms with Crippen LogP contribution in [0.3, 0.4) is 0 Å². The van der Waals surface area contributed by atoms with E-state index in [4.69, 9.17) is 4.74 Å². The maximum Gasteiger partial charge on any atom is 0.341 e. The van der Waals surface area contributed by atoms with Crippen LogP contribution in [0.25, 0.3) is 5.78 Å². The van der Waals surface area contributed by atoms with Crippen LogP contribution in [-0.4, -0.2) is 37.6 Å². The lowest BCUT2D eigenvalue weighted by Gasteiger charge is -2.14. The van der Waals surface area contributed by atoms with Crippen LogP contribution in [0.5, 0.6) is 0 Å². The number of amides is 1. The largest absolute Gasteiger partial charge is 0.459 e. The van der Waals surface area contributed by atoms with Crippen molar-refractivity contribution in [2.45, 2.75) is 59.0 Å². The fraction of sp³-hybridized carbons (Fsp3) is 0.450. The van der Waals surface area contributed by atoms with E-state index in [2.05, 4.69) is 20.4 Å². The molecule has 0 fully saturated rings. The lowest BCUT2D eigenvalue weighted by atomic mass is 9.95. The van der Waals surface area contributed by atoms with Crippen LogP contribution in [0.15, 0.2) is 6.07 Å². The number of hydrogen-bond acceptors (Lipinski definition) is 7. The Morgan fingerprint density at radius 1 is 1.23 bits per heavy atom. The van der Waals surface area contributed by atoms with Gasteiger partial charge in [-0.2, -0.15) is 9.50 Å². The molecule has 1 amide bonds. The van der Waals surface area contributed by atoms with E-state index >= 15 is 0 Å². The Morgan fingerprint density at radius 3 is 2.68 bits per heavy atom. The molecule has 0 aliphatic heterocycles. The molecule has 11 heteroatoms. The standard InChI is InChI=1S/C20H21F2N5O3S/c1-9(2)30-19(29)14-11-6-4-5-7-13(11)31-18(14)25-17(28)16-24-20-23-10(3)8-12(15(21)22)27(20)26-16/h8-9,15H,4-7H2,1-3H3,(H,25,28). The second-order valence-electron chi connectivity index (χ2n) is 7.59. The first kappa shape index (κ1) is 21.3. The van der Waals surface area contributed by atoms with Gasteiger partial charge in [-0.1, -0.05) is 0 Å². The highest BCUT2D eigenvalue weighted by molar-refractivity contribution is 7.17. The maximum absolute atomic E-state index is 13.3. The first-order valence-electron chi connectivity index (χ1n) is 9.94.